The summed E-state index contributed by atoms with van der Waals surface area (Å²) in [5.74, 6) is 0.306. The van der Waals surface area contributed by atoms with E-state index in [0.717, 1.165) is 23.1 Å². The quantitative estimate of drug-likeness (QED) is 0.445. The SMILES string of the molecule is Cc1ccnc(-c2ccc(-n3nc(S(C)(=O)=O)c4ccc(C(=O)N5CCOCC5)cc43)nc2)c1. The van der Waals surface area contributed by atoms with Crippen LogP contribution in [-0.4, -0.2) is 71.5 Å². The maximum atomic E-state index is 13.0. The van der Waals surface area contributed by atoms with Crippen LogP contribution in [0.3, 0.4) is 0 Å². The molecule has 3 aromatic heterocycles. The number of hydrogen-bond acceptors (Lipinski definition) is 7. The average Bonchev–Trinajstić information content (AvgIpc) is 3.24. The Balaban J connectivity index is 1.60. The lowest BCUT2D eigenvalue weighted by molar-refractivity contribution is 0.0303. The third-order valence-corrected chi connectivity index (χ3v) is 6.72. The van der Waals surface area contributed by atoms with Crippen LogP contribution >= 0.6 is 0 Å². The van der Waals surface area contributed by atoms with Gasteiger partial charge in [-0.05, 0) is 55.0 Å². The lowest BCUT2D eigenvalue weighted by atomic mass is 10.1. The largest absolute Gasteiger partial charge is 0.378 e. The zero-order valence-electron chi connectivity index (χ0n) is 18.8. The molecule has 4 aromatic rings. The van der Waals surface area contributed by atoms with E-state index < -0.39 is 9.84 Å². The third kappa shape index (κ3) is 4.17. The molecule has 1 aromatic carbocycles. The number of hydrogen-bond donors (Lipinski definition) is 0. The van der Waals surface area contributed by atoms with Gasteiger partial charge in [0.15, 0.2) is 20.7 Å². The summed E-state index contributed by atoms with van der Waals surface area (Å²) in [5.41, 5.74) is 3.65. The minimum Gasteiger partial charge on any atom is -0.378 e. The fourth-order valence-corrected chi connectivity index (χ4v) is 4.78. The molecule has 1 aliphatic heterocycles. The van der Waals surface area contributed by atoms with Crippen molar-refractivity contribution in [2.75, 3.05) is 32.6 Å². The van der Waals surface area contributed by atoms with Crippen molar-refractivity contribution in [1.29, 1.82) is 0 Å². The van der Waals surface area contributed by atoms with Gasteiger partial charge in [-0.15, -0.1) is 0 Å². The summed E-state index contributed by atoms with van der Waals surface area (Å²) in [5, 5.41) is 4.75. The number of aromatic nitrogens is 4. The zero-order valence-corrected chi connectivity index (χ0v) is 19.6. The number of ether oxygens (including phenoxy) is 1. The number of carbonyl (C=O) groups excluding carboxylic acids is 1. The van der Waals surface area contributed by atoms with Crippen LogP contribution in [0.1, 0.15) is 15.9 Å². The van der Waals surface area contributed by atoms with Gasteiger partial charge in [-0.3, -0.25) is 9.78 Å². The van der Waals surface area contributed by atoms with E-state index in [1.54, 1.807) is 41.6 Å². The minimum atomic E-state index is -3.61. The summed E-state index contributed by atoms with van der Waals surface area (Å²) in [6.07, 6.45) is 4.53. The van der Waals surface area contributed by atoms with Crippen LogP contribution in [0, 0.1) is 6.92 Å². The van der Waals surface area contributed by atoms with E-state index in [4.69, 9.17) is 4.74 Å². The Morgan fingerprint density at radius 3 is 2.50 bits per heavy atom. The van der Waals surface area contributed by atoms with E-state index in [1.807, 2.05) is 25.1 Å². The van der Waals surface area contributed by atoms with Crippen LogP contribution in [-0.2, 0) is 14.6 Å². The molecule has 10 heteroatoms. The van der Waals surface area contributed by atoms with Crippen LogP contribution in [0.15, 0.2) is 59.9 Å². The topological polar surface area (TPSA) is 107 Å². The normalized spacial score (nSPS) is 14.5. The van der Waals surface area contributed by atoms with Gasteiger partial charge in [-0.1, -0.05) is 0 Å². The van der Waals surface area contributed by atoms with Gasteiger partial charge >= 0.3 is 0 Å². The fraction of sp³-hybridized carbons (Fsp3) is 0.250. The second-order valence-corrected chi connectivity index (χ2v) is 10.2. The standard InChI is InChI=1S/C24H23N5O4S/c1-16-7-8-25-20(13-16)18-4-6-22(26-15-18)29-21-14-17(24(30)28-9-11-33-12-10-28)3-5-19(21)23(27-29)34(2,31)32/h3-8,13-15H,9-12H2,1-2H3. The summed E-state index contributed by atoms with van der Waals surface area (Å²) in [6, 6.07) is 12.4. The summed E-state index contributed by atoms with van der Waals surface area (Å²) in [7, 11) is -3.61. The number of benzene rings is 1. The Morgan fingerprint density at radius 1 is 1.03 bits per heavy atom. The number of carbonyl (C=O) groups is 1. The smallest absolute Gasteiger partial charge is 0.254 e. The van der Waals surface area contributed by atoms with Crippen molar-refractivity contribution in [2.45, 2.75) is 11.9 Å². The highest BCUT2D eigenvalue weighted by Crippen LogP contribution is 2.27. The van der Waals surface area contributed by atoms with Gasteiger partial charge in [-0.2, -0.15) is 5.10 Å². The van der Waals surface area contributed by atoms with E-state index in [9.17, 15) is 13.2 Å². The van der Waals surface area contributed by atoms with Crippen molar-refractivity contribution in [2.24, 2.45) is 0 Å². The molecule has 1 aliphatic rings. The molecule has 0 bridgehead atoms. The Morgan fingerprint density at radius 2 is 1.82 bits per heavy atom. The van der Waals surface area contributed by atoms with Gasteiger partial charge < -0.3 is 9.64 Å². The number of rotatable bonds is 4. The first-order valence-electron chi connectivity index (χ1n) is 10.8. The average molecular weight is 478 g/mol. The number of morpholine rings is 1. The molecular formula is C24H23N5O4S. The Labute approximate surface area is 196 Å². The monoisotopic (exact) mass is 477 g/mol. The molecule has 4 heterocycles. The molecule has 0 saturated carbocycles. The highest BCUT2D eigenvalue weighted by atomic mass is 32.2. The predicted molar refractivity (Wildman–Crippen MR) is 127 cm³/mol. The first kappa shape index (κ1) is 22.2. The van der Waals surface area contributed by atoms with Crippen molar-refractivity contribution in [1.82, 2.24) is 24.6 Å². The predicted octanol–water partition coefficient (Wildman–Crippen LogP) is 2.67. The van der Waals surface area contributed by atoms with Gasteiger partial charge in [0.2, 0.25) is 0 Å². The molecule has 1 saturated heterocycles. The summed E-state index contributed by atoms with van der Waals surface area (Å²) in [4.78, 5) is 23.7. The molecule has 0 atom stereocenters. The van der Waals surface area contributed by atoms with E-state index in [2.05, 4.69) is 15.1 Å². The van der Waals surface area contributed by atoms with Crippen molar-refractivity contribution < 1.29 is 17.9 Å². The molecular weight excluding hydrogens is 454 g/mol. The first-order chi connectivity index (χ1) is 16.3. The molecule has 0 spiro atoms. The van der Waals surface area contributed by atoms with Gasteiger partial charge in [-0.25, -0.2) is 18.1 Å². The molecule has 0 N–H and O–H groups in total. The second-order valence-electron chi connectivity index (χ2n) is 8.25. The maximum Gasteiger partial charge on any atom is 0.254 e. The first-order valence-corrected chi connectivity index (χ1v) is 12.7. The van der Waals surface area contributed by atoms with Gasteiger partial charge in [0.1, 0.15) is 0 Å². The second kappa shape index (κ2) is 8.62. The van der Waals surface area contributed by atoms with E-state index in [-0.39, 0.29) is 10.9 Å². The van der Waals surface area contributed by atoms with Crippen molar-refractivity contribution in [3.05, 3.63) is 66.0 Å². The molecule has 0 aliphatic carbocycles. The van der Waals surface area contributed by atoms with E-state index >= 15 is 0 Å². The van der Waals surface area contributed by atoms with Crippen LogP contribution in [0.2, 0.25) is 0 Å². The van der Waals surface area contributed by atoms with Crippen LogP contribution < -0.4 is 0 Å². The van der Waals surface area contributed by atoms with Gasteiger partial charge in [0.05, 0.1) is 24.4 Å². The zero-order chi connectivity index (χ0) is 23.9. The Kier molecular flexibility index (Phi) is 5.62. The molecule has 1 amide bonds. The van der Waals surface area contributed by atoms with Crippen molar-refractivity contribution in [3.63, 3.8) is 0 Å². The summed E-state index contributed by atoms with van der Waals surface area (Å²) >= 11 is 0. The van der Waals surface area contributed by atoms with Crippen LogP contribution in [0.25, 0.3) is 28.0 Å². The van der Waals surface area contributed by atoms with Crippen molar-refractivity contribution >= 4 is 26.6 Å². The summed E-state index contributed by atoms with van der Waals surface area (Å²) in [6.45, 7) is 4.01. The molecule has 9 nitrogen and oxygen atoms in total. The third-order valence-electron chi connectivity index (χ3n) is 5.72. The Hall–Kier alpha value is -3.63. The lowest BCUT2D eigenvalue weighted by Gasteiger charge is -2.26. The van der Waals surface area contributed by atoms with Gasteiger partial charge in [0.25, 0.3) is 5.91 Å². The number of amides is 1. The highest BCUT2D eigenvalue weighted by molar-refractivity contribution is 7.90. The number of fused-ring (bicyclic) bond motifs is 1. The number of aryl methyl sites for hydroxylation is 1. The minimum absolute atomic E-state index is 0.0564. The maximum absolute atomic E-state index is 13.0. The number of nitrogens with zero attached hydrogens (tertiary/aromatic N) is 5. The van der Waals surface area contributed by atoms with E-state index in [0.29, 0.717) is 48.6 Å². The van der Waals surface area contributed by atoms with Crippen LogP contribution in [0.5, 0.6) is 0 Å². The molecule has 0 unspecified atom stereocenters. The molecule has 174 valence electrons. The van der Waals surface area contributed by atoms with E-state index in [1.165, 1.54) is 4.68 Å². The molecule has 34 heavy (non-hydrogen) atoms. The molecule has 1 fully saturated rings. The molecule has 5 rings (SSSR count). The summed E-state index contributed by atoms with van der Waals surface area (Å²) < 4.78 is 31.7. The van der Waals surface area contributed by atoms with Gasteiger partial charge in [0, 0.05) is 48.3 Å². The lowest BCUT2D eigenvalue weighted by Crippen LogP contribution is -2.40. The number of sulfone groups is 1. The fourth-order valence-electron chi connectivity index (χ4n) is 3.97. The van der Waals surface area contributed by atoms with Crippen molar-refractivity contribution in [3.8, 4) is 17.1 Å². The number of pyridine rings is 2. The Bertz CT molecular complexity index is 1490. The molecule has 0 radical (unpaired) electrons. The van der Waals surface area contributed by atoms with Crippen LogP contribution in [0.4, 0.5) is 0 Å². The highest BCUT2D eigenvalue weighted by Gasteiger charge is 2.24.